The molecule has 1 fully saturated rings. The van der Waals surface area contributed by atoms with Crippen LogP contribution in [0.5, 0.6) is 11.6 Å². The zero-order valence-electron chi connectivity index (χ0n) is 16.3. The number of hydrogen-bond acceptors (Lipinski definition) is 5. The van der Waals surface area contributed by atoms with Crippen molar-refractivity contribution in [3.8, 4) is 11.6 Å². The largest absolute Gasteiger partial charge is 0.479 e. The Bertz CT molecular complexity index is 929. The molecule has 1 atom stereocenters. The van der Waals surface area contributed by atoms with Gasteiger partial charge in [-0.1, -0.05) is 13.3 Å². The molecule has 1 saturated heterocycles. The average molecular weight is 398 g/mol. The van der Waals surface area contributed by atoms with Crippen LogP contribution < -0.4 is 14.4 Å². The lowest BCUT2D eigenvalue weighted by atomic mass is 10.1. The van der Waals surface area contributed by atoms with Crippen LogP contribution in [-0.2, 0) is 11.2 Å². The van der Waals surface area contributed by atoms with Gasteiger partial charge in [0.2, 0.25) is 5.88 Å². The van der Waals surface area contributed by atoms with E-state index in [1.54, 1.807) is 18.2 Å². The topological polar surface area (TPSA) is 68.7 Å². The minimum Gasteiger partial charge on any atom is -0.479 e. The fourth-order valence-electron chi connectivity index (χ4n) is 3.68. The molecule has 0 bridgehead atoms. The van der Waals surface area contributed by atoms with Gasteiger partial charge >= 0.3 is 0 Å². The third-order valence-electron chi connectivity index (χ3n) is 5.29. The Morgan fingerprint density at radius 1 is 1.24 bits per heavy atom. The minimum atomic E-state index is -0.671. The van der Waals surface area contributed by atoms with Crippen molar-refractivity contribution in [3.63, 3.8) is 0 Å². The smallest absolute Gasteiger partial charge is 0.268 e. The van der Waals surface area contributed by atoms with Crippen molar-refractivity contribution in [1.29, 1.82) is 0 Å². The fourth-order valence-corrected chi connectivity index (χ4v) is 3.68. The van der Waals surface area contributed by atoms with Gasteiger partial charge in [-0.3, -0.25) is 9.59 Å². The van der Waals surface area contributed by atoms with Crippen molar-refractivity contribution in [2.75, 3.05) is 18.1 Å². The average Bonchev–Trinajstić information content (AvgIpc) is 3.27. The number of carbonyl (C=O) groups is 2. The predicted octanol–water partition coefficient (Wildman–Crippen LogP) is 3.71. The number of ketones is 1. The Labute approximate surface area is 168 Å². The van der Waals surface area contributed by atoms with Gasteiger partial charge in [-0.2, -0.15) is 0 Å². The van der Waals surface area contributed by atoms with E-state index in [0.717, 1.165) is 12.8 Å². The van der Waals surface area contributed by atoms with Crippen molar-refractivity contribution in [3.05, 3.63) is 47.4 Å². The van der Waals surface area contributed by atoms with Gasteiger partial charge in [-0.15, -0.1) is 0 Å². The lowest BCUT2D eigenvalue weighted by Crippen LogP contribution is -2.32. The number of halogens is 1. The molecule has 1 aliphatic heterocycles. The molecule has 29 heavy (non-hydrogen) atoms. The van der Waals surface area contributed by atoms with Gasteiger partial charge in [0.05, 0.1) is 12.8 Å². The second-order valence-corrected chi connectivity index (χ2v) is 7.30. The summed E-state index contributed by atoms with van der Waals surface area (Å²) in [6, 6.07) is 6.39. The van der Waals surface area contributed by atoms with Gasteiger partial charge in [0.25, 0.3) is 5.91 Å². The molecule has 0 N–H and O–H groups in total. The van der Waals surface area contributed by atoms with Gasteiger partial charge in [0.15, 0.2) is 11.9 Å². The maximum Gasteiger partial charge on any atom is 0.268 e. The van der Waals surface area contributed by atoms with Gasteiger partial charge in [-0.25, -0.2) is 9.37 Å². The van der Waals surface area contributed by atoms with Gasteiger partial charge in [0, 0.05) is 36.7 Å². The Morgan fingerprint density at radius 2 is 2.10 bits per heavy atom. The number of anilines is 1. The summed E-state index contributed by atoms with van der Waals surface area (Å²) >= 11 is 0. The van der Waals surface area contributed by atoms with Crippen molar-refractivity contribution < 1.29 is 23.5 Å². The number of unbranched alkanes of at least 4 members (excludes halogenated alkanes) is 1. The maximum absolute atomic E-state index is 14.4. The number of amides is 1. The molecule has 0 unspecified atom stereocenters. The van der Waals surface area contributed by atoms with Crippen LogP contribution in [0.1, 0.15) is 48.5 Å². The highest BCUT2D eigenvalue weighted by atomic mass is 19.1. The van der Waals surface area contributed by atoms with Crippen molar-refractivity contribution in [2.24, 2.45) is 0 Å². The van der Waals surface area contributed by atoms with Crippen LogP contribution in [0.25, 0.3) is 0 Å². The maximum atomic E-state index is 14.4. The normalized spacial score (nSPS) is 18.3. The van der Waals surface area contributed by atoms with Crippen molar-refractivity contribution in [2.45, 2.75) is 45.1 Å². The van der Waals surface area contributed by atoms with Crippen LogP contribution >= 0.6 is 0 Å². The molecule has 1 aromatic carbocycles. The summed E-state index contributed by atoms with van der Waals surface area (Å²) in [6.07, 6.45) is 4.08. The van der Waals surface area contributed by atoms with E-state index in [1.807, 2.05) is 0 Å². The first-order chi connectivity index (χ1) is 14.1. The lowest BCUT2D eigenvalue weighted by molar-refractivity contribution is -0.122. The van der Waals surface area contributed by atoms with E-state index in [-0.39, 0.29) is 11.7 Å². The Kier molecular flexibility index (Phi) is 5.47. The number of pyridine rings is 1. The minimum absolute atomic E-state index is 0.0764. The van der Waals surface area contributed by atoms with E-state index < -0.39 is 11.9 Å². The molecule has 0 saturated carbocycles. The number of ether oxygens (including phenoxy) is 2. The zero-order valence-corrected chi connectivity index (χ0v) is 16.3. The number of carbonyl (C=O) groups excluding carboxylic acids is 2. The molecule has 2 heterocycles. The molecule has 2 aromatic rings. The SMILES string of the molecule is CCCCOc1ccc(O[C@@H]2CCN(c3cc(F)c4c(c3)C(=O)CC4)C2=O)cn1. The number of hydrogen-bond donors (Lipinski definition) is 0. The number of Topliss-reactive ketones (excluding diaryl/α,β-unsaturated/α-hetero) is 1. The highest BCUT2D eigenvalue weighted by Gasteiger charge is 2.36. The summed E-state index contributed by atoms with van der Waals surface area (Å²) in [4.78, 5) is 30.4. The standard InChI is InChI=1S/C22H23FN2O4/c1-2-3-10-28-21-7-4-15(13-24-21)29-20-8-9-25(22(20)27)14-11-17-16(18(23)12-14)5-6-19(17)26/h4,7,11-13,20H,2-3,5-6,8-10H2,1H3/t20-/m1/s1. The number of aromatic nitrogens is 1. The molecule has 7 heteroatoms. The third kappa shape index (κ3) is 3.95. The van der Waals surface area contributed by atoms with E-state index in [1.165, 1.54) is 17.2 Å². The van der Waals surface area contributed by atoms with Crippen LogP contribution in [0.15, 0.2) is 30.5 Å². The molecule has 4 rings (SSSR count). The summed E-state index contributed by atoms with van der Waals surface area (Å²) in [5, 5.41) is 0. The molecular weight excluding hydrogens is 375 g/mol. The summed E-state index contributed by atoms with van der Waals surface area (Å²) in [7, 11) is 0. The number of nitrogens with zero attached hydrogens (tertiary/aromatic N) is 2. The first-order valence-electron chi connectivity index (χ1n) is 9.99. The number of rotatable bonds is 7. The van der Waals surface area contributed by atoms with E-state index in [2.05, 4.69) is 11.9 Å². The second kappa shape index (κ2) is 8.19. The van der Waals surface area contributed by atoms with Gasteiger partial charge < -0.3 is 14.4 Å². The predicted molar refractivity (Wildman–Crippen MR) is 105 cm³/mol. The molecule has 1 aromatic heterocycles. The number of fused-ring (bicyclic) bond motifs is 1. The van der Waals surface area contributed by atoms with Gasteiger partial charge in [0.1, 0.15) is 11.6 Å². The van der Waals surface area contributed by atoms with Crippen LogP contribution in [-0.4, -0.2) is 35.9 Å². The second-order valence-electron chi connectivity index (χ2n) is 7.30. The fraction of sp³-hybridized carbons (Fsp3) is 0.409. The molecular formula is C22H23FN2O4. The van der Waals surface area contributed by atoms with Crippen LogP contribution in [0, 0.1) is 5.82 Å². The summed E-state index contributed by atoms with van der Waals surface area (Å²) in [5.74, 6) is 0.237. The van der Waals surface area contributed by atoms with Crippen LogP contribution in [0.2, 0.25) is 0 Å². The van der Waals surface area contributed by atoms with Crippen molar-refractivity contribution in [1.82, 2.24) is 4.98 Å². The highest BCUT2D eigenvalue weighted by Crippen LogP contribution is 2.32. The van der Waals surface area contributed by atoms with E-state index in [0.29, 0.717) is 60.9 Å². The molecule has 6 nitrogen and oxygen atoms in total. The zero-order chi connectivity index (χ0) is 20.4. The third-order valence-corrected chi connectivity index (χ3v) is 5.29. The van der Waals surface area contributed by atoms with E-state index in [9.17, 15) is 14.0 Å². The summed E-state index contributed by atoms with van der Waals surface area (Å²) in [6.45, 7) is 3.10. The van der Waals surface area contributed by atoms with E-state index in [4.69, 9.17) is 9.47 Å². The van der Waals surface area contributed by atoms with E-state index >= 15 is 0 Å². The summed E-state index contributed by atoms with van der Waals surface area (Å²) < 4.78 is 25.7. The molecule has 152 valence electrons. The molecule has 2 aliphatic rings. The van der Waals surface area contributed by atoms with Crippen molar-refractivity contribution >= 4 is 17.4 Å². The van der Waals surface area contributed by atoms with Gasteiger partial charge in [-0.05, 0) is 36.6 Å². The monoisotopic (exact) mass is 398 g/mol. The van der Waals surface area contributed by atoms with Crippen LogP contribution in [0.3, 0.4) is 0 Å². The first kappa shape index (κ1) is 19.4. The Morgan fingerprint density at radius 3 is 2.86 bits per heavy atom. The first-order valence-corrected chi connectivity index (χ1v) is 9.99. The highest BCUT2D eigenvalue weighted by molar-refractivity contribution is 6.04. The molecule has 1 amide bonds. The lowest BCUT2D eigenvalue weighted by Gasteiger charge is -2.18. The summed E-state index contributed by atoms with van der Waals surface area (Å²) in [5.41, 5.74) is 1.25. The quantitative estimate of drug-likeness (QED) is 0.665. The van der Waals surface area contributed by atoms with Crippen LogP contribution in [0.4, 0.5) is 10.1 Å². The Hall–Kier alpha value is -2.96. The molecule has 0 spiro atoms. The molecule has 1 aliphatic carbocycles. The molecule has 0 radical (unpaired) electrons. The Balaban J connectivity index is 1.42. The number of benzene rings is 1.